The van der Waals surface area contributed by atoms with Crippen LogP contribution in [-0.4, -0.2) is 15.9 Å². The van der Waals surface area contributed by atoms with E-state index in [1.54, 1.807) is 23.7 Å². The van der Waals surface area contributed by atoms with E-state index in [-0.39, 0.29) is 11.9 Å². The van der Waals surface area contributed by atoms with Gasteiger partial charge in [0.25, 0.3) is 0 Å². The van der Waals surface area contributed by atoms with Crippen molar-refractivity contribution in [1.82, 2.24) is 15.3 Å². The quantitative estimate of drug-likeness (QED) is 0.748. The Morgan fingerprint density at radius 2 is 2.00 bits per heavy atom. The molecule has 0 spiro atoms. The number of thiazole rings is 1. The number of nitrogens with one attached hydrogen (secondary N) is 1. The van der Waals surface area contributed by atoms with Crippen molar-refractivity contribution in [1.29, 1.82) is 0 Å². The second-order valence-electron chi connectivity index (χ2n) is 5.50. The van der Waals surface area contributed by atoms with Crippen molar-refractivity contribution in [2.45, 2.75) is 32.2 Å². The highest BCUT2D eigenvalue weighted by Crippen LogP contribution is 2.22. The van der Waals surface area contributed by atoms with Gasteiger partial charge in [-0.3, -0.25) is 9.78 Å². The average Bonchev–Trinajstić information content (AvgIpc) is 2.98. The molecule has 1 aromatic carbocycles. The SMILES string of the molecule is CC(NC(=O)CCCc1nc2ccccc2s1)c1ccncc1. The predicted octanol–water partition coefficient (Wildman–Crippen LogP) is 3.89. The van der Waals surface area contributed by atoms with Gasteiger partial charge in [-0.2, -0.15) is 0 Å². The number of amides is 1. The Balaban J connectivity index is 1.47. The molecule has 1 atom stereocenters. The number of benzene rings is 1. The lowest BCUT2D eigenvalue weighted by Gasteiger charge is -2.13. The van der Waals surface area contributed by atoms with Gasteiger partial charge >= 0.3 is 0 Å². The lowest BCUT2D eigenvalue weighted by molar-refractivity contribution is -0.121. The molecule has 3 aromatic rings. The molecule has 0 aliphatic rings. The maximum atomic E-state index is 12.0. The van der Waals surface area contributed by atoms with E-state index >= 15 is 0 Å². The lowest BCUT2D eigenvalue weighted by Crippen LogP contribution is -2.26. The zero-order valence-corrected chi connectivity index (χ0v) is 13.8. The van der Waals surface area contributed by atoms with E-state index in [9.17, 15) is 4.79 Å². The summed E-state index contributed by atoms with van der Waals surface area (Å²) in [6.07, 6.45) is 5.66. The van der Waals surface area contributed by atoms with Gasteiger partial charge in [-0.15, -0.1) is 11.3 Å². The van der Waals surface area contributed by atoms with Crippen LogP contribution in [-0.2, 0) is 11.2 Å². The summed E-state index contributed by atoms with van der Waals surface area (Å²) in [5.74, 6) is 0.0791. The van der Waals surface area contributed by atoms with Crippen LogP contribution in [0.1, 0.15) is 36.4 Å². The van der Waals surface area contributed by atoms with Gasteiger partial charge in [0.1, 0.15) is 0 Å². The minimum Gasteiger partial charge on any atom is -0.350 e. The second kappa shape index (κ2) is 7.33. The molecule has 118 valence electrons. The van der Waals surface area contributed by atoms with Crippen molar-refractivity contribution >= 4 is 27.5 Å². The number of hydrogen-bond acceptors (Lipinski definition) is 4. The Morgan fingerprint density at radius 3 is 2.78 bits per heavy atom. The van der Waals surface area contributed by atoms with Crippen LogP contribution in [0.25, 0.3) is 10.2 Å². The van der Waals surface area contributed by atoms with E-state index < -0.39 is 0 Å². The predicted molar refractivity (Wildman–Crippen MR) is 93.4 cm³/mol. The molecule has 4 nitrogen and oxygen atoms in total. The van der Waals surface area contributed by atoms with Crippen molar-refractivity contribution in [3.05, 3.63) is 59.4 Å². The van der Waals surface area contributed by atoms with Gasteiger partial charge < -0.3 is 5.32 Å². The monoisotopic (exact) mass is 325 g/mol. The Labute approximate surface area is 139 Å². The first-order valence-corrected chi connectivity index (χ1v) is 8.58. The van der Waals surface area contributed by atoms with Crippen LogP contribution >= 0.6 is 11.3 Å². The molecule has 0 saturated heterocycles. The number of carbonyl (C=O) groups excluding carboxylic acids is 1. The molecule has 1 amide bonds. The minimum absolute atomic E-state index is 0.00736. The molecule has 0 aliphatic heterocycles. The third-order valence-electron chi connectivity index (χ3n) is 3.72. The molecule has 23 heavy (non-hydrogen) atoms. The minimum atomic E-state index is 0.00736. The van der Waals surface area contributed by atoms with Gasteiger partial charge in [-0.25, -0.2) is 4.98 Å². The van der Waals surface area contributed by atoms with E-state index in [1.165, 1.54) is 4.70 Å². The number of aromatic nitrogens is 2. The third kappa shape index (κ3) is 4.13. The Kier molecular flexibility index (Phi) is 4.98. The van der Waals surface area contributed by atoms with Crippen LogP contribution < -0.4 is 5.32 Å². The molecule has 1 N–H and O–H groups in total. The molecule has 2 aromatic heterocycles. The molecule has 0 radical (unpaired) electrons. The number of hydrogen-bond donors (Lipinski definition) is 1. The molecule has 0 aliphatic carbocycles. The zero-order chi connectivity index (χ0) is 16.1. The summed E-state index contributed by atoms with van der Waals surface area (Å²) in [5.41, 5.74) is 2.11. The number of nitrogens with zero attached hydrogens (tertiary/aromatic N) is 2. The van der Waals surface area contributed by atoms with E-state index in [4.69, 9.17) is 0 Å². The fourth-order valence-electron chi connectivity index (χ4n) is 2.48. The highest BCUT2D eigenvalue weighted by molar-refractivity contribution is 7.18. The van der Waals surface area contributed by atoms with Gasteiger partial charge in [0.05, 0.1) is 21.3 Å². The Morgan fingerprint density at radius 1 is 1.22 bits per heavy atom. The average molecular weight is 325 g/mol. The van der Waals surface area contributed by atoms with Gasteiger partial charge in [-0.1, -0.05) is 12.1 Å². The Hall–Kier alpha value is -2.27. The van der Waals surface area contributed by atoms with Crippen molar-refractivity contribution in [2.24, 2.45) is 0 Å². The molecule has 2 heterocycles. The van der Waals surface area contributed by atoms with Gasteiger partial charge in [0, 0.05) is 18.8 Å². The van der Waals surface area contributed by atoms with Crippen molar-refractivity contribution in [3.63, 3.8) is 0 Å². The van der Waals surface area contributed by atoms with Crippen molar-refractivity contribution < 1.29 is 4.79 Å². The van der Waals surface area contributed by atoms with E-state index in [0.717, 1.165) is 28.9 Å². The Bertz CT molecular complexity index is 752. The summed E-state index contributed by atoms with van der Waals surface area (Å²) >= 11 is 1.71. The largest absolute Gasteiger partial charge is 0.350 e. The standard InChI is InChI=1S/C18H19N3OS/c1-13(14-9-11-19-12-10-14)20-17(22)7-4-8-18-21-15-5-2-3-6-16(15)23-18/h2-3,5-6,9-13H,4,7-8H2,1H3,(H,20,22). The first-order chi connectivity index (χ1) is 11.2. The highest BCUT2D eigenvalue weighted by Gasteiger charge is 2.10. The molecular formula is C18H19N3OS. The number of aryl methyl sites for hydroxylation is 1. The van der Waals surface area contributed by atoms with Crippen LogP contribution in [0.4, 0.5) is 0 Å². The van der Waals surface area contributed by atoms with Gasteiger partial charge in [-0.05, 0) is 49.6 Å². The number of rotatable bonds is 6. The molecule has 0 bridgehead atoms. The number of carbonyl (C=O) groups is 1. The fraction of sp³-hybridized carbons (Fsp3) is 0.278. The molecule has 0 fully saturated rings. The molecule has 0 saturated carbocycles. The maximum Gasteiger partial charge on any atom is 0.220 e. The maximum absolute atomic E-state index is 12.0. The zero-order valence-electron chi connectivity index (χ0n) is 13.0. The topological polar surface area (TPSA) is 54.9 Å². The van der Waals surface area contributed by atoms with E-state index in [0.29, 0.717) is 6.42 Å². The van der Waals surface area contributed by atoms with E-state index in [2.05, 4.69) is 21.4 Å². The van der Waals surface area contributed by atoms with Crippen LogP contribution in [0.2, 0.25) is 0 Å². The molecule has 1 unspecified atom stereocenters. The van der Waals surface area contributed by atoms with Crippen LogP contribution in [0.3, 0.4) is 0 Å². The fourth-order valence-corrected chi connectivity index (χ4v) is 3.49. The van der Waals surface area contributed by atoms with Crippen molar-refractivity contribution in [3.8, 4) is 0 Å². The third-order valence-corrected chi connectivity index (χ3v) is 4.81. The smallest absolute Gasteiger partial charge is 0.220 e. The lowest BCUT2D eigenvalue weighted by atomic mass is 10.1. The summed E-state index contributed by atoms with van der Waals surface area (Å²) in [5, 5.41) is 4.12. The summed E-state index contributed by atoms with van der Waals surface area (Å²) in [6.45, 7) is 1.99. The van der Waals surface area contributed by atoms with Crippen molar-refractivity contribution in [2.75, 3.05) is 0 Å². The summed E-state index contributed by atoms with van der Waals surface area (Å²) in [6, 6.07) is 12.0. The highest BCUT2D eigenvalue weighted by atomic mass is 32.1. The van der Waals surface area contributed by atoms with Crippen LogP contribution in [0.5, 0.6) is 0 Å². The molecule has 3 rings (SSSR count). The van der Waals surface area contributed by atoms with Crippen LogP contribution in [0.15, 0.2) is 48.8 Å². The first kappa shape index (κ1) is 15.6. The molecular weight excluding hydrogens is 306 g/mol. The van der Waals surface area contributed by atoms with Gasteiger partial charge in [0.15, 0.2) is 0 Å². The second-order valence-corrected chi connectivity index (χ2v) is 6.61. The molecule has 5 heteroatoms. The van der Waals surface area contributed by atoms with Gasteiger partial charge in [0.2, 0.25) is 5.91 Å². The summed E-state index contributed by atoms with van der Waals surface area (Å²) < 4.78 is 1.21. The normalized spacial score (nSPS) is 12.2. The number of para-hydroxylation sites is 1. The summed E-state index contributed by atoms with van der Waals surface area (Å²) in [7, 11) is 0. The van der Waals surface area contributed by atoms with E-state index in [1.807, 2.05) is 37.3 Å². The first-order valence-electron chi connectivity index (χ1n) is 7.76. The number of pyridine rings is 1. The summed E-state index contributed by atoms with van der Waals surface area (Å²) in [4.78, 5) is 20.6. The van der Waals surface area contributed by atoms with Crippen LogP contribution in [0, 0.1) is 0 Å². The number of fused-ring (bicyclic) bond motifs is 1.